The van der Waals surface area contributed by atoms with Crippen LogP contribution in [-0.2, 0) is 0 Å². The van der Waals surface area contributed by atoms with Gasteiger partial charge in [0.2, 0.25) is 0 Å². The van der Waals surface area contributed by atoms with Crippen molar-refractivity contribution in [2.75, 3.05) is 12.4 Å². The van der Waals surface area contributed by atoms with Crippen LogP contribution in [0.3, 0.4) is 0 Å². The lowest BCUT2D eigenvalue weighted by molar-refractivity contribution is 0.0996. The van der Waals surface area contributed by atoms with Crippen LogP contribution >= 0.6 is 0 Å². The Balaban J connectivity index is 2.10. The SMILES string of the molecule is COc1ccc(NC(=O)c2occc2C)cc1. The fourth-order valence-corrected chi connectivity index (χ4v) is 1.47. The highest BCUT2D eigenvalue weighted by atomic mass is 16.5. The molecule has 0 aliphatic heterocycles. The van der Waals surface area contributed by atoms with Crippen molar-refractivity contribution in [3.63, 3.8) is 0 Å². The van der Waals surface area contributed by atoms with Crippen LogP contribution in [0.25, 0.3) is 0 Å². The van der Waals surface area contributed by atoms with Crippen LogP contribution in [-0.4, -0.2) is 13.0 Å². The van der Waals surface area contributed by atoms with Gasteiger partial charge in [0, 0.05) is 11.3 Å². The molecule has 0 radical (unpaired) electrons. The van der Waals surface area contributed by atoms with Crippen LogP contribution in [0.1, 0.15) is 16.1 Å². The highest BCUT2D eigenvalue weighted by Crippen LogP contribution is 2.17. The fourth-order valence-electron chi connectivity index (χ4n) is 1.47. The van der Waals surface area contributed by atoms with Crippen LogP contribution < -0.4 is 10.1 Å². The Bertz CT molecular complexity index is 514. The van der Waals surface area contributed by atoms with E-state index in [9.17, 15) is 4.79 Å². The van der Waals surface area contributed by atoms with E-state index in [-0.39, 0.29) is 5.91 Å². The van der Waals surface area contributed by atoms with Gasteiger partial charge < -0.3 is 14.5 Å². The predicted octanol–water partition coefficient (Wildman–Crippen LogP) is 2.85. The molecule has 4 heteroatoms. The third kappa shape index (κ3) is 2.47. The molecule has 0 aliphatic carbocycles. The van der Waals surface area contributed by atoms with Crippen molar-refractivity contribution < 1.29 is 13.9 Å². The first-order valence-electron chi connectivity index (χ1n) is 5.20. The molecule has 0 spiro atoms. The van der Waals surface area contributed by atoms with E-state index < -0.39 is 0 Å². The minimum atomic E-state index is -0.252. The van der Waals surface area contributed by atoms with Crippen LogP contribution in [0.5, 0.6) is 5.75 Å². The molecule has 1 heterocycles. The average Bonchev–Trinajstić information content (AvgIpc) is 2.76. The highest BCUT2D eigenvalue weighted by Gasteiger charge is 2.12. The summed E-state index contributed by atoms with van der Waals surface area (Å²) in [6.45, 7) is 1.83. The molecule has 0 unspecified atom stereocenters. The van der Waals surface area contributed by atoms with E-state index in [0.29, 0.717) is 11.4 Å². The van der Waals surface area contributed by atoms with Gasteiger partial charge in [0.05, 0.1) is 13.4 Å². The Morgan fingerprint density at radius 1 is 1.24 bits per heavy atom. The third-order valence-electron chi connectivity index (χ3n) is 2.42. The molecular weight excluding hydrogens is 218 g/mol. The molecule has 0 saturated heterocycles. The van der Waals surface area contributed by atoms with Crippen molar-refractivity contribution in [3.05, 3.63) is 47.9 Å². The predicted molar refractivity (Wildman–Crippen MR) is 64.4 cm³/mol. The van der Waals surface area contributed by atoms with Gasteiger partial charge in [0.15, 0.2) is 5.76 Å². The van der Waals surface area contributed by atoms with Gasteiger partial charge in [-0.1, -0.05) is 0 Å². The molecule has 2 rings (SSSR count). The molecule has 1 aromatic heterocycles. The maximum Gasteiger partial charge on any atom is 0.291 e. The number of anilines is 1. The highest BCUT2D eigenvalue weighted by molar-refractivity contribution is 6.03. The van der Waals surface area contributed by atoms with Gasteiger partial charge in [-0.25, -0.2) is 0 Å². The van der Waals surface area contributed by atoms with Crippen LogP contribution in [0.15, 0.2) is 41.0 Å². The van der Waals surface area contributed by atoms with Crippen LogP contribution in [0, 0.1) is 6.92 Å². The number of benzene rings is 1. The van der Waals surface area contributed by atoms with E-state index in [1.165, 1.54) is 6.26 Å². The molecule has 0 aliphatic rings. The Labute approximate surface area is 99.2 Å². The molecule has 1 aromatic carbocycles. The van der Waals surface area contributed by atoms with Gasteiger partial charge in [0.1, 0.15) is 5.75 Å². The molecule has 1 N–H and O–H groups in total. The zero-order chi connectivity index (χ0) is 12.3. The van der Waals surface area contributed by atoms with Crippen molar-refractivity contribution in [2.24, 2.45) is 0 Å². The van der Waals surface area contributed by atoms with E-state index in [1.807, 2.05) is 6.92 Å². The lowest BCUT2D eigenvalue weighted by Crippen LogP contribution is -2.11. The summed E-state index contributed by atoms with van der Waals surface area (Å²) in [4.78, 5) is 11.8. The number of carbonyl (C=O) groups is 1. The number of methoxy groups -OCH3 is 1. The number of amides is 1. The summed E-state index contributed by atoms with van der Waals surface area (Å²) in [6, 6.07) is 8.86. The summed E-state index contributed by atoms with van der Waals surface area (Å²) in [5.74, 6) is 0.829. The van der Waals surface area contributed by atoms with E-state index in [4.69, 9.17) is 9.15 Å². The molecule has 88 valence electrons. The quantitative estimate of drug-likeness (QED) is 0.883. The molecule has 4 nitrogen and oxygen atoms in total. The first-order chi connectivity index (χ1) is 8.20. The smallest absolute Gasteiger partial charge is 0.291 e. The molecular formula is C13H13NO3. The first-order valence-corrected chi connectivity index (χ1v) is 5.20. The second-order valence-corrected chi connectivity index (χ2v) is 3.62. The average molecular weight is 231 g/mol. The molecule has 17 heavy (non-hydrogen) atoms. The van der Waals surface area contributed by atoms with Gasteiger partial charge in [-0.3, -0.25) is 4.79 Å². The number of hydrogen-bond acceptors (Lipinski definition) is 3. The molecule has 0 bridgehead atoms. The summed E-state index contributed by atoms with van der Waals surface area (Å²) >= 11 is 0. The normalized spacial score (nSPS) is 10.0. The number of hydrogen-bond donors (Lipinski definition) is 1. The zero-order valence-electron chi connectivity index (χ0n) is 9.69. The minimum absolute atomic E-state index is 0.252. The summed E-state index contributed by atoms with van der Waals surface area (Å²) in [6.07, 6.45) is 1.50. The topological polar surface area (TPSA) is 51.5 Å². The van der Waals surface area contributed by atoms with E-state index in [2.05, 4.69) is 5.32 Å². The van der Waals surface area contributed by atoms with Crippen LogP contribution in [0.4, 0.5) is 5.69 Å². The van der Waals surface area contributed by atoms with Crippen molar-refractivity contribution in [3.8, 4) is 5.75 Å². The summed E-state index contributed by atoms with van der Waals surface area (Å²) in [7, 11) is 1.60. The summed E-state index contributed by atoms with van der Waals surface area (Å²) in [5.41, 5.74) is 1.52. The lowest BCUT2D eigenvalue weighted by atomic mass is 10.2. The summed E-state index contributed by atoms with van der Waals surface area (Å²) in [5, 5.41) is 2.75. The third-order valence-corrected chi connectivity index (χ3v) is 2.42. The second-order valence-electron chi connectivity index (χ2n) is 3.62. The Kier molecular flexibility index (Phi) is 3.14. The van der Waals surface area contributed by atoms with Crippen molar-refractivity contribution in [2.45, 2.75) is 6.92 Å². The maximum atomic E-state index is 11.8. The first kappa shape index (κ1) is 11.3. The number of nitrogens with one attached hydrogen (secondary N) is 1. The largest absolute Gasteiger partial charge is 0.497 e. The fraction of sp³-hybridized carbons (Fsp3) is 0.154. The maximum absolute atomic E-state index is 11.8. The van der Waals surface area contributed by atoms with Crippen molar-refractivity contribution in [1.82, 2.24) is 0 Å². The Morgan fingerprint density at radius 3 is 2.47 bits per heavy atom. The monoisotopic (exact) mass is 231 g/mol. The van der Waals surface area contributed by atoms with Crippen LogP contribution in [0.2, 0.25) is 0 Å². The van der Waals surface area contributed by atoms with Gasteiger partial charge in [-0.05, 0) is 37.3 Å². The number of furan rings is 1. The molecule has 2 aromatic rings. The number of rotatable bonds is 3. The molecule has 0 atom stereocenters. The van der Waals surface area contributed by atoms with Gasteiger partial charge in [-0.2, -0.15) is 0 Å². The Hall–Kier alpha value is -2.23. The zero-order valence-corrected chi connectivity index (χ0v) is 9.69. The lowest BCUT2D eigenvalue weighted by Gasteiger charge is -2.05. The van der Waals surface area contributed by atoms with Gasteiger partial charge in [0.25, 0.3) is 5.91 Å². The minimum Gasteiger partial charge on any atom is -0.497 e. The van der Waals surface area contributed by atoms with Crippen molar-refractivity contribution >= 4 is 11.6 Å². The molecule has 0 saturated carbocycles. The summed E-state index contributed by atoms with van der Waals surface area (Å²) < 4.78 is 10.1. The number of carbonyl (C=O) groups excluding carboxylic acids is 1. The molecule has 1 amide bonds. The van der Waals surface area contributed by atoms with E-state index in [0.717, 1.165) is 11.3 Å². The molecule has 0 fully saturated rings. The second kappa shape index (κ2) is 4.74. The Morgan fingerprint density at radius 2 is 1.94 bits per heavy atom. The van der Waals surface area contributed by atoms with Crippen molar-refractivity contribution in [1.29, 1.82) is 0 Å². The van der Waals surface area contributed by atoms with Gasteiger partial charge >= 0.3 is 0 Å². The van der Waals surface area contributed by atoms with Gasteiger partial charge in [-0.15, -0.1) is 0 Å². The van der Waals surface area contributed by atoms with E-state index >= 15 is 0 Å². The van der Waals surface area contributed by atoms with E-state index in [1.54, 1.807) is 37.4 Å². The number of ether oxygens (including phenoxy) is 1. The standard InChI is InChI=1S/C13H13NO3/c1-9-7-8-17-12(9)13(15)14-10-3-5-11(16-2)6-4-10/h3-8H,1-2H3,(H,14,15). The number of aryl methyl sites for hydroxylation is 1.